The van der Waals surface area contributed by atoms with Gasteiger partial charge < -0.3 is 15.7 Å². The van der Waals surface area contributed by atoms with E-state index in [1.165, 1.54) is 16.7 Å². The van der Waals surface area contributed by atoms with E-state index in [1.807, 2.05) is 72.9 Å². The highest BCUT2D eigenvalue weighted by Crippen LogP contribution is 2.24. The molecular weight excluding hydrogens is 416 g/mol. The van der Waals surface area contributed by atoms with Gasteiger partial charge in [0, 0.05) is 30.5 Å². The van der Waals surface area contributed by atoms with E-state index in [9.17, 15) is 5.11 Å². The highest BCUT2D eigenvalue weighted by Gasteiger charge is 2.01. The van der Waals surface area contributed by atoms with Gasteiger partial charge in [-0.25, -0.2) is 0 Å². The molecule has 3 N–H and O–H groups in total. The van der Waals surface area contributed by atoms with Crippen molar-refractivity contribution in [1.82, 2.24) is 10.6 Å². The molecule has 34 heavy (non-hydrogen) atoms. The van der Waals surface area contributed by atoms with Crippen LogP contribution < -0.4 is 10.6 Å². The van der Waals surface area contributed by atoms with Gasteiger partial charge in [0.1, 0.15) is 5.75 Å². The molecule has 0 radical (unpaired) electrons. The Hall–Kier alpha value is -3.20. The summed E-state index contributed by atoms with van der Waals surface area (Å²) in [7, 11) is 1.89. The zero-order valence-corrected chi connectivity index (χ0v) is 22.9. The predicted octanol–water partition coefficient (Wildman–Crippen LogP) is 8.47. The summed E-state index contributed by atoms with van der Waals surface area (Å²) in [6.45, 7) is 26.7. The van der Waals surface area contributed by atoms with Crippen molar-refractivity contribution in [3.8, 4) is 5.75 Å². The molecule has 0 fully saturated rings. The molecule has 0 aromatic heterocycles. The number of phenols is 1. The number of nitrogens with one attached hydrogen (secondary N) is 2. The van der Waals surface area contributed by atoms with Gasteiger partial charge in [0.05, 0.1) is 0 Å². The fraction of sp³-hybridized carbons (Fsp3) is 0.355. The minimum atomic E-state index is 0.282. The van der Waals surface area contributed by atoms with E-state index in [0.717, 1.165) is 41.9 Å². The van der Waals surface area contributed by atoms with Gasteiger partial charge in [-0.15, -0.1) is 0 Å². The second-order valence-electron chi connectivity index (χ2n) is 7.83. The molecule has 1 aromatic carbocycles. The monoisotopic (exact) mass is 464 g/mol. The molecule has 0 heterocycles. The highest BCUT2D eigenvalue weighted by molar-refractivity contribution is 5.76. The Morgan fingerprint density at radius 3 is 2.09 bits per heavy atom. The first kappa shape index (κ1) is 33.0. The van der Waals surface area contributed by atoms with Crippen molar-refractivity contribution in [2.75, 3.05) is 13.6 Å². The third-order valence-electron chi connectivity index (χ3n) is 4.43. The van der Waals surface area contributed by atoms with E-state index in [1.54, 1.807) is 12.1 Å². The molecule has 0 aliphatic heterocycles. The summed E-state index contributed by atoms with van der Waals surface area (Å²) in [5.74, 6) is 0.282. The molecule has 3 heteroatoms. The second kappa shape index (κ2) is 20.4. The van der Waals surface area contributed by atoms with Crippen molar-refractivity contribution in [3.05, 3.63) is 108 Å². The molecule has 2 rings (SSSR count). The van der Waals surface area contributed by atoms with E-state index in [-0.39, 0.29) is 5.75 Å². The van der Waals surface area contributed by atoms with Crippen LogP contribution in [-0.4, -0.2) is 18.7 Å². The number of likely N-dealkylation sites (N-methyl/N-ethyl adjacent to an activating group) is 1. The third kappa shape index (κ3) is 14.8. The standard InChI is InChI=1S/C12H14O.C10H15N.C7H13N.C2H6/c1-9(2)8-10(3)11-6-4-5-7-12(11)13;1-3-8-11-9(2)10-6-4-5-7-10;1-5-7(8-4)6(2)3;1-2/h4-8,13H,3H2,1-2H3;4,6-7,11H,2-3,5,8H2,1H3;5,8H,1H2,2-4H3;1-2H3. The molecule has 0 saturated heterocycles. The molecule has 0 atom stereocenters. The van der Waals surface area contributed by atoms with Crippen LogP contribution in [0.2, 0.25) is 0 Å². The molecule has 1 aromatic rings. The highest BCUT2D eigenvalue weighted by atomic mass is 16.3. The van der Waals surface area contributed by atoms with E-state index in [4.69, 9.17) is 0 Å². The minimum Gasteiger partial charge on any atom is -0.507 e. The molecule has 188 valence electrons. The smallest absolute Gasteiger partial charge is 0.123 e. The number of phenolic OH excluding ortho intramolecular Hbond substituents is 1. The van der Waals surface area contributed by atoms with Crippen LogP contribution >= 0.6 is 0 Å². The summed E-state index contributed by atoms with van der Waals surface area (Å²) in [6.07, 6.45) is 12.4. The summed E-state index contributed by atoms with van der Waals surface area (Å²) in [4.78, 5) is 0. The van der Waals surface area contributed by atoms with Crippen molar-refractivity contribution in [2.24, 2.45) is 0 Å². The van der Waals surface area contributed by atoms with Crippen molar-refractivity contribution in [1.29, 1.82) is 0 Å². The number of aromatic hydroxyl groups is 1. The van der Waals surface area contributed by atoms with Gasteiger partial charge in [-0.1, -0.05) is 94.2 Å². The fourth-order valence-corrected chi connectivity index (χ4v) is 2.79. The Balaban J connectivity index is 0. The Kier molecular flexibility index (Phi) is 19.8. The molecule has 0 spiro atoms. The van der Waals surface area contributed by atoms with Crippen LogP contribution in [0.1, 0.15) is 66.9 Å². The average Bonchev–Trinajstić information content (AvgIpc) is 3.35. The van der Waals surface area contributed by atoms with E-state index >= 15 is 0 Å². The largest absolute Gasteiger partial charge is 0.507 e. The van der Waals surface area contributed by atoms with Crippen LogP contribution in [0.5, 0.6) is 5.75 Å². The minimum absolute atomic E-state index is 0.282. The van der Waals surface area contributed by atoms with Crippen LogP contribution in [0.15, 0.2) is 102 Å². The Bertz CT molecular complexity index is 874. The summed E-state index contributed by atoms with van der Waals surface area (Å²) in [6, 6.07) is 7.21. The number of rotatable bonds is 8. The summed E-state index contributed by atoms with van der Waals surface area (Å²) in [5, 5.41) is 15.8. The van der Waals surface area contributed by atoms with Gasteiger partial charge in [-0.05, 0) is 63.8 Å². The molecule has 0 amide bonds. The summed E-state index contributed by atoms with van der Waals surface area (Å²) in [5.41, 5.74) is 7.50. The van der Waals surface area contributed by atoms with Gasteiger partial charge in [0.25, 0.3) is 0 Å². The first-order valence-electron chi connectivity index (χ1n) is 12.1. The van der Waals surface area contributed by atoms with Crippen LogP contribution in [-0.2, 0) is 0 Å². The first-order chi connectivity index (χ1) is 16.2. The summed E-state index contributed by atoms with van der Waals surface area (Å²) >= 11 is 0. The lowest BCUT2D eigenvalue weighted by Crippen LogP contribution is -2.13. The number of hydrogen-bond donors (Lipinski definition) is 3. The maximum atomic E-state index is 9.50. The van der Waals surface area contributed by atoms with Gasteiger partial charge in [0.2, 0.25) is 0 Å². The van der Waals surface area contributed by atoms with Crippen LogP contribution in [0.25, 0.3) is 5.57 Å². The van der Waals surface area contributed by atoms with Gasteiger partial charge in [-0.3, -0.25) is 0 Å². The van der Waals surface area contributed by atoms with E-state index in [2.05, 4.69) is 55.5 Å². The first-order valence-corrected chi connectivity index (χ1v) is 12.1. The van der Waals surface area contributed by atoms with Crippen molar-refractivity contribution >= 4 is 5.57 Å². The summed E-state index contributed by atoms with van der Waals surface area (Å²) < 4.78 is 0. The Labute approximate surface area is 210 Å². The van der Waals surface area contributed by atoms with Crippen molar-refractivity contribution in [2.45, 2.75) is 61.3 Å². The number of allylic oxidation sites excluding steroid dienone is 8. The van der Waals surface area contributed by atoms with Crippen LogP contribution in [0, 0.1) is 0 Å². The quantitative estimate of drug-likeness (QED) is 0.338. The molecule has 1 aliphatic carbocycles. The predicted molar refractivity (Wildman–Crippen MR) is 155 cm³/mol. The normalized spacial score (nSPS) is 10.4. The van der Waals surface area contributed by atoms with Crippen LogP contribution in [0.3, 0.4) is 0 Å². The SMILES string of the molecule is C=C(C=C(C)C)c1ccccc1O.C=C(NCCC)C1=CCC=C1.C=CC(NC)=C(C)C.CC. The van der Waals surface area contributed by atoms with Gasteiger partial charge in [0.15, 0.2) is 0 Å². The zero-order chi connectivity index (χ0) is 26.5. The molecule has 1 aliphatic rings. The van der Waals surface area contributed by atoms with Gasteiger partial charge >= 0.3 is 0 Å². The number of benzene rings is 1. The fourth-order valence-electron chi connectivity index (χ4n) is 2.79. The van der Waals surface area contributed by atoms with Crippen LogP contribution in [0.4, 0.5) is 0 Å². The second-order valence-corrected chi connectivity index (χ2v) is 7.83. The zero-order valence-electron chi connectivity index (χ0n) is 22.9. The lowest BCUT2D eigenvalue weighted by molar-refractivity contribution is 0.474. The Morgan fingerprint density at radius 2 is 1.71 bits per heavy atom. The third-order valence-corrected chi connectivity index (χ3v) is 4.43. The Morgan fingerprint density at radius 1 is 1.09 bits per heavy atom. The maximum absolute atomic E-state index is 9.50. The van der Waals surface area contributed by atoms with E-state index < -0.39 is 0 Å². The molecule has 3 nitrogen and oxygen atoms in total. The lowest BCUT2D eigenvalue weighted by Gasteiger charge is -2.06. The van der Waals surface area contributed by atoms with Crippen molar-refractivity contribution in [3.63, 3.8) is 0 Å². The molecular formula is C31H48N2O. The van der Waals surface area contributed by atoms with E-state index in [0.29, 0.717) is 0 Å². The van der Waals surface area contributed by atoms with Crippen molar-refractivity contribution < 1.29 is 5.11 Å². The average molecular weight is 465 g/mol. The van der Waals surface area contributed by atoms with Gasteiger partial charge in [-0.2, -0.15) is 0 Å². The topological polar surface area (TPSA) is 44.3 Å². The molecule has 0 bridgehead atoms. The number of hydrogen-bond acceptors (Lipinski definition) is 3. The number of para-hydroxylation sites is 1. The molecule has 0 saturated carbocycles. The lowest BCUT2D eigenvalue weighted by atomic mass is 10.0. The maximum Gasteiger partial charge on any atom is 0.123 e. The molecule has 0 unspecified atom stereocenters.